The number of rotatable bonds is 5. The Morgan fingerprint density at radius 3 is 2.42 bits per heavy atom. The number of amides is 2. The highest BCUT2D eigenvalue weighted by Crippen LogP contribution is 2.19. The number of aryl methyl sites for hydroxylation is 1. The number of benzene rings is 2. The molecule has 0 aliphatic heterocycles. The van der Waals surface area contributed by atoms with Crippen molar-refractivity contribution in [2.24, 2.45) is 0 Å². The summed E-state index contributed by atoms with van der Waals surface area (Å²) in [4.78, 5) is 33.8. The van der Waals surface area contributed by atoms with E-state index < -0.39 is 10.8 Å². The van der Waals surface area contributed by atoms with E-state index in [9.17, 15) is 19.7 Å². The molecule has 0 radical (unpaired) electrons. The first-order valence-electron chi connectivity index (χ1n) is 6.95. The molecule has 0 aliphatic rings. The number of anilines is 1. The lowest BCUT2D eigenvalue weighted by Gasteiger charge is -2.08. The molecule has 0 spiro atoms. The number of nitro benzene ring substituents is 1. The molecule has 2 N–H and O–H groups in total. The molecular weight excluding hydrogens is 378 g/mol. The van der Waals surface area contributed by atoms with Crippen LogP contribution in [0.1, 0.15) is 15.9 Å². The number of carbonyl (C=O) groups excluding carboxylic acids is 2. The lowest BCUT2D eigenvalue weighted by Crippen LogP contribution is -2.32. The van der Waals surface area contributed by atoms with Gasteiger partial charge in [0.25, 0.3) is 11.6 Å². The molecule has 7 nitrogen and oxygen atoms in total. The van der Waals surface area contributed by atoms with Crippen LogP contribution in [0, 0.1) is 17.0 Å². The van der Waals surface area contributed by atoms with Crippen LogP contribution >= 0.6 is 15.9 Å². The Labute approximate surface area is 146 Å². The molecule has 2 amide bonds. The van der Waals surface area contributed by atoms with Crippen molar-refractivity contribution in [2.45, 2.75) is 6.92 Å². The van der Waals surface area contributed by atoms with E-state index in [-0.39, 0.29) is 23.7 Å². The average molecular weight is 392 g/mol. The Kier molecular flexibility index (Phi) is 5.64. The molecular formula is C16H14BrN3O4. The molecule has 2 rings (SSSR count). The highest BCUT2D eigenvalue weighted by atomic mass is 79.9. The molecule has 0 saturated carbocycles. The number of carbonyl (C=O) groups is 2. The second-order valence-electron chi connectivity index (χ2n) is 5.00. The summed E-state index contributed by atoms with van der Waals surface area (Å²) in [6.45, 7) is 1.70. The molecule has 0 saturated heterocycles. The summed E-state index contributed by atoms with van der Waals surface area (Å²) in [7, 11) is 0. The summed E-state index contributed by atoms with van der Waals surface area (Å²) >= 11 is 3.37. The van der Waals surface area contributed by atoms with Gasteiger partial charge in [0, 0.05) is 27.9 Å². The van der Waals surface area contributed by atoms with Crippen LogP contribution in [0.25, 0.3) is 0 Å². The van der Waals surface area contributed by atoms with Gasteiger partial charge in [-0.25, -0.2) is 0 Å². The number of halogens is 1. The van der Waals surface area contributed by atoms with E-state index in [2.05, 4.69) is 26.6 Å². The second-order valence-corrected chi connectivity index (χ2v) is 5.85. The molecule has 2 aromatic rings. The van der Waals surface area contributed by atoms with E-state index in [0.29, 0.717) is 5.69 Å². The van der Waals surface area contributed by atoms with Crippen molar-refractivity contribution in [3.8, 4) is 0 Å². The van der Waals surface area contributed by atoms with Gasteiger partial charge in [-0.05, 0) is 42.8 Å². The standard InChI is InChI=1S/C16H14BrN3O4/c1-10-8-12(4-7-14(10)17)19-15(21)9-18-16(22)11-2-5-13(6-3-11)20(23)24/h2-8H,9H2,1H3,(H,18,22)(H,19,21). The van der Waals surface area contributed by atoms with Gasteiger partial charge in [-0.15, -0.1) is 0 Å². The van der Waals surface area contributed by atoms with Crippen molar-refractivity contribution in [3.63, 3.8) is 0 Å². The van der Waals surface area contributed by atoms with Crippen molar-refractivity contribution in [2.75, 3.05) is 11.9 Å². The lowest BCUT2D eigenvalue weighted by molar-refractivity contribution is -0.384. The Balaban J connectivity index is 1.89. The molecule has 0 unspecified atom stereocenters. The maximum absolute atomic E-state index is 11.9. The Morgan fingerprint density at radius 1 is 1.17 bits per heavy atom. The minimum absolute atomic E-state index is 0.102. The third kappa shape index (κ3) is 4.63. The van der Waals surface area contributed by atoms with Gasteiger partial charge in [0.2, 0.25) is 5.91 Å². The largest absolute Gasteiger partial charge is 0.343 e. The highest BCUT2D eigenvalue weighted by molar-refractivity contribution is 9.10. The van der Waals surface area contributed by atoms with Gasteiger partial charge in [-0.2, -0.15) is 0 Å². The maximum atomic E-state index is 11.9. The van der Waals surface area contributed by atoms with Gasteiger partial charge >= 0.3 is 0 Å². The number of non-ortho nitro benzene ring substituents is 1. The maximum Gasteiger partial charge on any atom is 0.269 e. The minimum atomic E-state index is -0.546. The van der Waals surface area contributed by atoms with E-state index in [0.717, 1.165) is 10.0 Å². The Bertz CT molecular complexity index is 790. The second kappa shape index (κ2) is 7.69. The molecule has 0 bridgehead atoms. The van der Waals surface area contributed by atoms with Crippen LogP contribution in [0.3, 0.4) is 0 Å². The summed E-state index contributed by atoms with van der Waals surface area (Å²) in [6, 6.07) is 10.5. The van der Waals surface area contributed by atoms with Gasteiger partial charge in [0.15, 0.2) is 0 Å². The van der Waals surface area contributed by atoms with Crippen LogP contribution in [0.4, 0.5) is 11.4 Å². The van der Waals surface area contributed by atoms with Crippen molar-refractivity contribution in [1.82, 2.24) is 5.32 Å². The van der Waals surface area contributed by atoms with Crippen LogP contribution in [-0.4, -0.2) is 23.3 Å². The van der Waals surface area contributed by atoms with Crippen LogP contribution < -0.4 is 10.6 Å². The topological polar surface area (TPSA) is 101 Å². The fourth-order valence-corrected chi connectivity index (χ4v) is 2.17. The number of hydrogen-bond donors (Lipinski definition) is 2. The van der Waals surface area contributed by atoms with Gasteiger partial charge in [-0.1, -0.05) is 15.9 Å². The summed E-state index contributed by atoms with van der Waals surface area (Å²) in [6.07, 6.45) is 0. The van der Waals surface area contributed by atoms with E-state index in [4.69, 9.17) is 0 Å². The zero-order chi connectivity index (χ0) is 17.7. The summed E-state index contributed by atoms with van der Waals surface area (Å²) in [5, 5.41) is 15.7. The molecule has 0 heterocycles. The average Bonchev–Trinajstić information content (AvgIpc) is 2.56. The van der Waals surface area contributed by atoms with Crippen molar-refractivity contribution in [3.05, 3.63) is 68.2 Å². The number of hydrogen-bond acceptors (Lipinski definition) is 4. The van der Waals surface area contributed by atoms with Crippen molar-refractivity contribution in [1.29, 1.82) is 0 Å². The molecule has 0 aliphatic carbocycles. The molecule has 0 aromatic heterocycles. The minimum Gasteiger partial charge on any atom is -0.343 e. The fraction of sp³-hybridized carbons (Fsp3) is 0.125. The van der Waals surface area contributed by atoms with Crippen molar-refractivity contribution < 1.29 is 14.5 Å². The number of nitrogens with zero attached hydrogens (tertiary/aromatic N) is 1. The Hall–Kier alpha value is -2.74. The summed E-state index contributed by atoms with van der Waals surface area (Å²) in [5.74, 6) is -0.848. The third-order valence-electron chi connectivity index (χ3n) is 3.19. The van der Waals surface area contributed by atoms with Crippen LogP contribution in [0.15, 0.2) is 46.9 Å². The molecule has 24 heavy (non-hydrogen) atoms. The van der Waals surface area contributed by atoms with Gasteiger partial charge in [0.05, 0.1) is 11.5 Å². The smallest absolute Gasteiger partial charge is 0.269 e. The normalized spacial score (nSPS) is 10.1. The van der Waals surface area contributed by atoms with Crippen LogP contribution in [-0.2, 0) is 4.79 Å². The number of nitrogens with one attached hydrogen (secondary N) is 2. The fourth-order valence-electron chi connectivity index (χ4n) is 1.92. The van der Waals surface area contributed by atoms with Crippen molar-refractivity contribution >= 4 is 39.1 Å². The molecule has 0 atom stereocenters. The van der Waals surface area contributed by atoms with Crippen LogP contribution in [0.2, 0.25) is 0 Å². The third-order valence-corrected chi connectivity index (χ3v) is 4.08. The highest BCUT2D eigenvalue weighted by Gasteiger charge is 2.11. The lowest BCUT2D eigenvalue weighted by atomic mass is 10.2. The summed E-state index contributed by atoms with van der Waals surface area (Å²) in [5.41, 5.74) is 1.75. The predicted molar refractivity (Wildman–Crippen MR) is 92.9 cm³/mol. The van der Waals surface area contributed by atoms with Gasteiger partial charge < -0.3 is 10.6 Å². The molecule has 0 fully saturated rings. The van der Waals surface area contributed by atoms with Crippen LogP contribution in [0.5, 0.6) is 0 Å². The first kappa shape index (κ1) is 17.6. The summed E-state index contributed by atoms with van der Waals surface area (Å²) < 4.78 is 0.937. The van der Waals surface area contributed by atoms with Gasteiger partial charge in [0.1, 0.15) is 0 Å². The van der Waals surface area contributed by atoms with E-state index in [1.807, 2.05) is 13.0 Å². The molecule has 2 aromatic carbocycles. The quantitative estimate of drug-likeness (QED) is 0.603. The van der Waals surface area contributed by atoms with E-state index in [1.54, 1.807) is 12.1 Å². The van der Waals surface area contributed by atoms with Gasteiger partial charge in [-0.3, -0.25) is 19.7 Å². The van der Waals surface area contributed by atoms with E-state index in [1.165, 1.54) is 24.3 Å². The molecule has 124 valence electrons. The molecule has 8 heteroatoms. The Morgan fingerprint density at radius 2 is 1.83 bits per heavy atom. The zero-order valence-corrected chi connectivity index (χ0v) is 14.3. The zero-order valence-electron chi connectivity index (χ0n) is 12.7. The predicted octanol–water partition coefficient (Wildman–Crippen LogP) is 3.03. The first-order chi connectivity index (χ1) is 11.4. The van der Waals surface area contributed by atoms with E-state index >= 15 is 0 Å². The first-order valence-corrected chi connectivity index (χ1v) is 7.75. The number of nitro groups is 1. The monoisotopic (exact) mass is 391 g/mol. The SMILES string of the molecule is Cc1cc(NC(=O)CNC(=O)c2ccc([N+](=O)[O-])cc2)ccc1Br.